The Morgan fingerprint density at radius 3 is 2.75 bits per heavy atom. The first-order chi connectivity index (χ1) is 15.5. The van der Waals surface area contributed by atoms with Gasteiger partial charge in [0.2, 0.25) is 5.91 Å². The molecule has 0 bridgehead atoms. The van der Waals surface area contributed by atoms with E-state index in [1.165, 1.54) is 12.8 Å². The Kier molecular flexibility index (Phi) is 4.11. The maximum atomic E-state index is 12.5. The Labute approximate surface area is 186 Å². The van der Waals surface area contributed by atoms with Crippen molar-refractivity contribution in [3.05, 3.63) is 48.9 Å². The number of aryl methyl sites for hydroxylation is 1. The molecule has 32 heavy (non-hydrogen) atoms. The van der Waals surface area contributed by atoms with Gasteiger partial charge in [-0.1, -0.05) is 6.07 Å². The Balaban J connectivity index is 1.52. The van der Waals surface area contributed by atoms with Crippen LogP contribution in [0.5, 0.6) is 0 Å². The van der Waals surface area contributed by atoms with Gasteiger partial charge in [0, 0.05) is 38.5 Å². The molecule has 4 aromatic rings. The summed E-state index contributed by atoms with van der Waals surface area (Å²) >= 11 is 0. The standard InChI is InChI=1S/C24H25N7O/c1-15-13-29(24-20-5-4-10-25-23(20)28(3)27-24)22-11-17(6-9-21(22)31(15)16(2)32)18-12-26-30(14-18)19-7-8-19/h4-6,9-12,14-15,19H,7-8,13H2,1-3H3/t15-/m0/s1. The first-order valence-electron chi connectivity index (χ1n) is 11.0. The predicted molar refractivity (Wildman–Crippen MR) is 124 cm³/mol. The third kappa shape index (κ3) is 2.90. The number of carbonyl (C=O) groups excluding carboxylic acids is 1. The molecule has 1 aromatic carbocycles. The Morgan fingerprint density at radius 2 is 1.97 bits per heavy atom. The third-order valence-corrected chi connectivity index (χ3v) is 6.44. The second-order valence-electron chi connectivity index (χ2n) is 8.81. The molecule has 0 spiro atoms. The zero-order valence-corrected chi connectivity index (χ0v) is 18.4. The van der Waals surface area contributed by atoms with E-state index in [9.17, 15) is 4.79 Å². The fraction of sp³-hybridized carbons (Fsp3) is 0.333. The minimum absolute atomic E-state index is 0.0113. The monoisotopic (exact) mass is 427 g/mol. The van der Waals surface area contributed by atoms with Gasteiger partial charge >= 0.3 is 0 Å². The largest absolute Gasteiger partial charge is 0.320 e. The van der Waals surface area contributed by atoms with E-state index < -0.39 is 0 Å². The molecule has 8 heteroatoms. The number of carbonyl (C=O) groups is 1. The zero-order valence-electron chi connectivity index (χ0n) is 18.4. The normalized spacial score (nSPS) is 18.3. The molecule has 0 unspecified atom stereocenters. The van der Waals surface area contributed by atoms with Crippen LogP contribution in [0, 0.1) is 0 Å². The van der Waals surface area contributed by atoms with E-state index in [0.717, 1.165) is 39.4 Å². The molecule has 0 N–H and O–H groups in total. The van der Waals surface area contributed by atoms with Crippen LogP contribution < -0.4 is 9.80 Å². The highest BCUT2D eigenvalue weighted by atomic mass is 16.2. The van der Waals surface area contributed by atoms with Gasteiger partial charge in [-0.3, -0.25) is 9.48 Å². The average molecular weight is 428 g/mol. The summed E-state index contributed by atoms with van der Waals surface area (Å²) in [6.07, 6.45) is 8.24. The van der Waals surface area contributed by atoms with Gasteiger partial charge < -0.3 is 9.80 Å². The number of benzene rings is 1. The van der Waals surface area contributed by atoms with Gasteiger partial charge in [0.15, 0.2) is 11.5 Å². The highest BCUT2D eigenvalue weighted by Gasteiger charge is 2.34. The third-order valence-electron chi connectivity index (χ3n) is 6.44. The molecule has 1 atom stereocenters. The van der Waals surface area contributed by atoms with Crippen molar-refractivity contribution in [3.8, 4) is 11.1 Å². The van der Waals surface area contributed by atoms with Crippen molar-refractivity contribution in [3.63, 3.8) is 0 Å². The summed E-state index contributed by atoms with van der Waals surface area (Å²) in [6, 6.07) is 10.8. The molecule has 8 nitrogen and oxygen atoms in total. The summed E-state index contributed by atoms with van der Waals surface area (Å²) in [4.78, 5) is 21.1. The molecule has 1 fully saturated rings. The second-order valence-corrected chi connectivity index (χ2v) is 8.81. The number of rotatable bonds is 3. The molecule has 1 saturated carbocycles. The van der Waals surface area contributed by atoms with Crippen LogP contribution in [0.15, 0.2) is 48.9 Å². The SMILES string of the molecule is CC(=O)N1c2ccc(-c3cnn(C4CC4)c3)cc2N(c2nn(C)c3ncccc23)C[C@@H]1C. The summed E-state index contributed by atoms with van der Waals surface area (Å²) < 4.78 is 3.88. The van der Waals surface area contributed by atoms with Crippen LogP contribution in [-0.4, -0.2) is 43.0 Å². The van der Waals surface area contributed by atoms with E-state index in [0.29, 0.717) is 12.6 Å². The van der Waals surface area contributed by atoms with E-state index in [2.05, 4.69) is 51.0 Å². The van der Waals surface area contributed by atoms with Gasteiger partial charge in [-0.15, -0.1) is 0 Å². The van der Waals surface area contributed by atoms with Crippen molar-refractivity contribution in [1.82, 2.24) is 24.5 Å². The number of hydrogen-bond donors (Lipinski definition) is 0. The number of aromatic nitrogens is 5. The van der Waals surface area contributed by atoms with E-state index >= 15 is 0 Å². The number of hydrogen-bond acceptors (Lipinski definition) is 5. The number of amides is 1. The van der Waals surface area contributed by atoms with Crippen molar-refractivity contribution in [1.29, 1.82) is 0 Å². The summed E-state index contributed by atoms with van der Waals surface area (Å²) in [5.74, 6) is 0.901. The highest BCUT2D eigenvalue weighted by molar-refractivity contribution is 6.01. The van der Waals surface area contributed by atoms with Crippen molar-refractivity contribution in [2.24, 2.45) is 7.05 Å². The van der Waals surface area contributed by atoms with Gasteiger partial charge in [-0.05, 0) is 49.6 Å². The minimum atomic E-state index is 0.0113. The van der Waals surface area contributed by atoms with Crippen LogP contribution in [0.4, 0.5) is 17.2 Å². The van der Waals surface area contributed by atoms with E-state index in [1.807, 2.05) is 35.0 Å². The van der Waals surface area contributed by atoms with E-state index in [1.54, 1.807) is 13.1 Å². The second kappa shape index (κ2) is 6.91. The lowest BCUT2D eigenvalue weighted by atomic mass is 10.0. The fourth-order valence-electron chi connectivity index (χ4n) is 4.78. The molecule has 162 valence electrons. The molecule has 4 heterocycles. The van der Waals surface area contributed by atoms with E-state index in [4.69, 9.17) is 5.10 Å². The van der Waals surface area contributed by atoms with Crippen molar-refractivity contribution < 1.29 is 4.79 Å². The van der Waals surface area contributed by atoms with Crippen LogP contribution in [0.2, 0.25) is 0 Å². The Morgan fingerprint density at radius 1 is 1.12 bits per heavy atom. The molecule has 1 amide bonds. The van der Waals surface area contributed by atoms with Crippen LogP contribution in [-0.2, 0) is 11.8 Å². The Bertz CT molecular complexity index is 1350. The summed E-state index contributed by atoms with van der Waals surface area (Å²) in [5.41, 5.74) is 4.88. The smallest absolute Gasteiger partial charge is 0.224 e. The number of pyridine rings is 1. The molecule has 0 radical (unpaired) electrons. The summed E-state index contributed by atoms with van der Waals surface area (Å²) in [6.45, 7) is 4.36. The predicted octanol–water partition coefficient (Wildman–Crippen LogP) is 4.06. The van der Waals surface area contributed by atoms with Crippen molar-refractivity contribution in [2.45, 2.75) is 38.8 Å². The van der Waals surface area contributed by atoms with Crippen molar-refractivity contribution in [2.75, 3.05) is 16.3 Å². The molecular formula is C24H25N7O. The molecule has 6 rings (SSSR count). The maximum absolute atomic E-state index is 12.5. The first kappa shape index (κ1) is 19.0. The van der Waals surface area contributed by atoms with Crippen LogP contribution >= 0.6 is 0 Å². The lowest BCUT2D eigenvalue weighted by Crippen LogP contribution is -2.48. The highest BCUT2D eigenvalue weighted by Crippen LogP contribution is 2.43. The summed E-state index contributed by atoms with van der Waals surface area (Å²) in [5, 5.41) is 10.4. The van der Waals surface area contributed by atoms with Crippen LogP contribution in [0.3, 0.4) is 0 Å². The lowest BCUT2D eigenvalue weighted by molar-refractivity contribution is -0.117. The number of fused-ring (bicyclic) bond motifs is 2. The van der Waals surface area contributed by atoms with Gasteiger partial charge in [-0.25, -0.2) is 9.67 Å². The van der Waals surface area contributed by atoms with Gasteiger partial charge in [0.05, 0.1) is 35.0 Å². The maximum Gasteiger partial charge on any atom is 0.224 e. The van der Waals surface area contributed by atoms with E-state index in [-0.39, 0.29) is 11.9 Å². The van der Waals surface area contributed by atoms with Gasteiger partial charge in [-0.2, -0.15) is 10.2 Å². The fourth-order valence-corrected chi connectivity index (χ4v) is 4.78. The molecular weight excluding hydrogens is 402 g/mol. The zero-order chi connectivity index (χ0) is 22.0. The van der Waals surface area contributed by atoms with Crippen LogP contribution in [0.25, 0.3) is 22.2 Å². The topological polar surface area (TPSA) is 72.1 Å². The summed E-state index contributed by atoms with van der Waals surface area (Å²) in [7, 11) is 1.91. The van der Waals surface area contributed by atoms with Gasteiger partial charge in [0.25, 0.3) is 0 Å². The molecule has 2 aliphatic rings. The molecule has 1 aliphatic carbocycles. The van der Waals surface area contributed by atoms with Gasteiger partial charge in [0.1, 0.15) is 0 Å². The van der Waals surface area contributed by atoms with Crippen LogP contribution in [0.1, 0.15) is 32.7 Å². The average Bonchev–Trinajstić information content (AvgIpc) is 3.42. The Hall–Kier alpha value is -3.68. The van der Waals surface area contributed by atoms with Crippen molar-refractivity contribution >= 4 is 34.1 Å². The molecule has 1 aliphatic heterocycles. The lowest BCUT2D eigenvalue weighted by Gasteiger charge is -2.41. The molecule has 0 saturated heterocycles. The minimum Gasteiger partial charge on any atom is -0.320 e. The molecule has 3 aromatic heterocycles. The number of nitrogens with zero attached hydrogens (tertiary/aromatic N) is 7. The first-order valence-corrected chi connectivity index (χ1v) is 11.0. The number of anilines is 3. The quantitative estimate of drug-likeness (QED) is 0.493.